The first-order valence-corrected chi connectivity index (χ1v) is 6.63. The summed E-state index contributed by atoms with van der Waals surface area (Å²) in [4.78, 5) is 15.6. The van der Waals surface area contributed by atoms with Crippen LogP contribution in [-0.2, 0) is 0 Å². The number of carbonyl (C=O) groups is 1. The molecule has 1 aliphatic carbocycles. The molecule has 20 heavy (non-hydrogen) atoms. The quantitative estimate of drug-likeness (QED) is 0.896. The molecule has 2 aromatic rings. The third kappa shape index (κ3) is 2.79. The van der Waals surface area contributed by atoms with Crippen molar-refractivity contribution < 1.29 is 9.32 Å². The molecule has 0 saturated heterocycles. The zero-order chi connectivity index (χ0) is 13.9. The average Bonchev–Trinajstić information content (AvgIpc) is 3.10. The molecule has 2 aromatic heterocycles. The highest BCUT2D eigenvalue weighted by atomic mass is 16.5. The van der Waals surface area contributed by atoms with E-state index in [-0.39, 0.29) is 6.01 Å². The van der Waals surface area contributed by atoms with E-state index in [2.05, 4.69) is 25.9 Å². The van der Waals surface area contributed by atoms with Crippen LogP contribution in [0, 0.1) is 6.92 Å². The van der Waals surface area contributed by atoms with Gasteiger partial charge in [-0.05, 0) is 19.8 Å². The molecule has 1 fully saturated rings. The van der Waals surface area contributed by atoms with Gasteiger partial charge >= 0.3 is 12.0 Å². The molecule has 106 valence electrons. The van der Waals surface area contributed by atoms with Crippen LogP contribution in [0.1, 0.15) is 37.5 Å². The topological polar surface area (TPSA) is 97.9 Å². The van der Waals surface area contributed by atoms with Gasteiger partial charge in [0.05, 0.1) is 17.9 Å². The largest absolute Gasteiger partial charge is 0.329 e. The highest BCUT2D eigenvalue weighted by Gasteiger charge is 2.18. The molecule has 0 aliphatic heterocycles. The number of nitrogens with zero attached hydrogens (tertiary/aromatic N) is 4. The van der Waals surface area contributed by atoms with E-state index < -0.39 is 6.03 Å². The molecule has 1 saturated carbocycles. The number of urea groups is 1. The first-order chi connectivity index (χ1) is 9.70. The average molecular weight is 276 g/mol. The lowest BCUT2D eigenvalue weighted by atomic mass is 10.3. The maximum absolute atomic E-state index is 11.7. The third-order valence-electron chi connectivity index (χ3n) is 3.31. The lowest BCUT2D eigenvalue weighted by Gasteiger charge is -2.08. The minimum absolute atomic E-state index is 0.0724. The molecule has 8 heteroatoms. The van der Waals surface area contributed by atoms with Crippen LogP contribution in [0.15, 0.2) is 16.9 Å². The van der Waals surface area contributed by atoms with E-state index in [1.165, 1.54) is 12.8 Å². The van der Waals surface area contributed by atoms with Crippen LogP contribution in [0.5, 0.6) is 0 Å². The lowest BCUT2D eigenvalue weighted by molar-refractivity contribution is 0.261. The van der Waals surface area contributed by atoms with Gasteiger partial charge in [-0.15, -0.1) is 0 Å². The first-order valence-electron chi connectivity index (χ1n) is 6.63. The highest BCUT2D eigenvalue weighted by Crippen LogP contribution is 2.29. The van der Waals surface area contributed by atoms with Gasteiger partial charge in [0.25, 0.3) is 0 Å². The molecule has 0 radical (unpaired) electrons. The van der Waals surface area contributed by atoms with Gasteiger partial charge in [-0.25, -0.2) is 4.79 Å². The van der Waals surface area contributed by atoms with Crippen molar-refractivity contribution >= 4 is 17.7 Å². The van der Waals surface area contributed by atoms with Crippen molar-refractivity contribution in [1.82, 2.24) is 19.9 Å². The Morgan fingerprint density at radius 3 is 2.90 bits per heavy atom. The number of aromatic nitrogens is 4. The number of hydrogen-bond donors (Lipinski definition) is 2. The molecule has 8 nitrogen and oxygen atoms in total. The van der Waals surface area contributed by atoms with Gasteiger partial charge in [-0.2, -0.15) is 10.1 Å². The molecule has 2 heterocycles. The summed E-state index contributed by atoms with van der Waals surface area (Å²) in [6.07, 6.45) is 8.25. The van der Waals surface area contributed by atoms with Crippen molar-refractivity contribution in [2.45, 2.75) is 38.6 Å². The van der Waals surface area contributed by atoms with Crippen LogP contribution in [-0.4, -0.2) is 26.0 Å². The van der Waals surface area contributed by atoms with E-state index in [1.807, 2.05) is 10.9 Å². The molecule has 0 spiro atoms. The summed E-state index contributed by atoms with van der Waals surface area (Å²) in [5, 5.41) is 13.0. The number of nitrogens with one attached hydrogen (secondary N) is 2. The lowest BCUT2D eigenvalue weighted by Crippen LogP contribution is -2.19. The molecule has 1 aliphatic rings. The van der Waals surface area contributed by atoms with E-state index in [1.54, 1.807) is 13.1 Å². The summed E-state index contributed by atoms with van der Waals surface area (Å²) in [5.74, 6) is 0.467. The van der Waals surface area contributed by atoms with Crippen molar-refractivity contribution in [2.24, 2.45) is 0 Å². The van der Waals surface area contributed by atoms with Crippen LogP contribution >= 0.6 is 0 Å². The fourth-order valence-electron chi connectivity index (χ4n) is 2.38. The van der Waals surface area contributed by atoms with Gasteiger partial charge in [0.1, 0.15) is 0 Å². The zero-order valence-electron chi connectivity index (χ0n) is 11.2. The molecular formula is C12H16N6O2. The van der Waals surface area contributed by atoms with Crippen LogP contribution < -0.4 is 10.6 Å². The number of anilines is 2. The monoisotopic (exact) mass is 276 g/mol. The Labute approximate surface area is 115 Å². The SMILES string of the molecule is Cc1noc(NC(=O)Nc2cnn(C3CCCC3)c2)n1. The molecule has 0 aromatic carbocycles. The van der Waals surface area contributed by atoms with Crippen molar-refractivity contribution in [2.75, 3.05) is 10.6 Å². The molecule has 2 N–H and O–H groups in total. The molecule has 2 amide bonds. The van der Waals surface area contributed by atoms with Crippen LogP contribution in [0.25, 0.3) is 0 Å². The number of aryl methyl sites for hydroxylation is 1. The first kappa shape index (κ1) is 12.6. The number of carbonyl (C=O) groups excluding carboxylic acids is 1. The summed E-state index contributed by atoms with van der Waals surface area (Å²) in [6.45, 7) is 1.68. The Bertz CT molecular complexity index is 599. The smallest absolute Gasteiger partial charge is 0.315 e. The summed E-state index contributed by atoms with van der Waals surface area (Å²) < 4.78 is 6.72. The van der Waals surface area contributed by atoms with Crippen molar-refractivity contribution in [3.05, 3.63) is 18.2 Å². The van der Waals surface area contributed by atoms with E-state index in [0.29, 0.717) is 17.6 Å². The maximum Gasteiger partial charge on any atom is 0.329 e. The minimum Gasteiger partial charge on any atom is -0.315 e. The number of amides is 2. The summed E-state index contributed by atoms with van der Waals surface area (Å²) in [6, 6.07) is 0.0926. The van der Waals surface area contributed by atoms with Crippen LogP contribution in [0.2, 0.25) is 0 Å². The van der Waals surface area contributed by atoms with Crippen LogP contribution in [0.4, 0.5) is 16.5 Å². The highest BCUT2D eigenvalue weighted by molar-refractivity contribution is 5.98. The second-order valence-electron chi connectivity index (χ2n) is 4.87. The Hall–Kier alpha value is -2.38. The van der Waals surface area contributed by atoms with E-state index in [4.69, 9.17) is 4.52 Å². The molecule has 0 bridgehead atoms. The third-order valence-corrected chi connectivity index (χ3v) is 3.31. The summed E-state index contributed by atoms with van der Waals surface area (Å²) in [5.41, 5.74) is 0.644. The predicted molar refractivity (Wildman–Crippen MR) is 71.4 cm³/mol. The zero-order valence-corrected chi connectivity index (χ0v) is 11.2. The molecule has 0 atom stereocenters. The fourth-order valence-corrected chi connectivity index (χ4v) is 2.38. The van der Waals surface area contributed by atoms with E-state index >= 15 is 0 Å². The van der Waals surface area contributed by atoms with Gasteiger partial charge in [-0.3, -0.25) is 10.00 Å². The predicted octanol–water partition coefficient (Wildman–Crippen LogP) is 2.33. The van der Waals surface area contributed by atoms with Gasteiger partial charge in [-0.1, -0.05) is 18.0 Å². The maximum atomic E-state index is 11.7. The molecule has 3 rings (SSSR count). The van der Waals surface area contributed by atoms with Gasteiger partial charge in [0.2, 0.25) is 0 Å². The van der Waals surface area contributed by atoms with Gasteiger partial charge in [0.15, 0.2) is 5.82 Å². The van der Waals surface area contributed by atoms with Crippen LogP contribution in [0.3, 0.4) is 0 Å². The van der Waals surface area contributed by atoms with E-state index in [0.717, 1.165) is 12.8 Å². The van der Waals surface area contributed by atoms with Gasteiger partial charge < -0.3 is 9.84 Å². The second kappa shape index (κ2) is 5.32. The standard InChI is InChI=1S/C12H16N6O2/c1-8-14-12(20-17-8)16-11(19)15-9-6-13-18(7-9)10-4-2-3-5-10/h6-7,10H,2-5H2,1H3,(H2,14,15,16,17,19). The Morgan fingerprint density at radius 2 is 2.20 bits per heavy atom. The Balaban J connectivity index is 1.58. The van der Waals surface area contributed by atoms with Gasteiger partial charge in [0, 0.05) is 6.20 Å². The normalized spacial score (nSPS) is 15.4. The van der Waals surface area contributed by atoms with Crippen molar-refractivity contribution in [1.29, 1.82) is 0 Å². The number of hydrogen-bond acceptors (Lipinski definition) is 5. The van der Waals surface area contributed by atoms with Crippen molar-refractivity contribution in [3.63, 3.8) is 0 Å². The van der Waals surface area contributed by atoms with E-state index in [9.17, 15) is 4.79 Å². The molecular weight excluding hydrogens is 260 g/mol. The summed E-state index contributed by atoms with van der Waals surface area (Å²) >= 11 is 0. The fraction of sp³-hybridized carbons (Fsp3) is 0.500. The minimum atomic E-state index is -0.431. The Kier molecular flexibility index (Phi) is 3.36. The second-order valence-corrected chi connectivity index (χ2v) is 4.87. The Morgan fingerprint density at radius 1 is 1.40 bits per heavy atom. The number of rotatable bonds is 3. The van der Waals surface area contributed by atoms with Crippen molar-refractivity contribution in [3.8, 4) is 0 Å². The molecule has 0 unspecified atom stereocenters. The summed E-state index contributed by atoms with van der Waals surface area (Å²) in [7, 11) is 0.